The Bertz CT molecular complexity index is 1080. The largest absolute Gasteiger partial charge is 0.496 e. The molecule has 4 nitrogen and oxygen atoms in total. The lowest BCUT2D eigenvalue weighted by molar-refractivity contribution is -0.283. The van der Waals surface area contributed by atoms with E-state index in [-0.39, 0.29) is 5.69 Å². The fraction of sp³-hybridized carbons (Fsp3) is 0.300. The summed E-state index contributed by atoms with van der Waals surface area (Å²) in [7, 11) is 1.57. The molecule has 1 N–H and O–H groups in total. The molecule has 12 heteroatoms. The summed E-state index contributed by atoms with van der Waals surface area (Å²) < 4.78 is 82.6. The van der Waals surface area contributed by atoms with E-state index in [0.29, 0.717) is 20.3 Å². The van der Waals surface area contributed by atoms with Crippen LogP contribution in [-0.2, 0) is 10.5 Å². The second kappa shape index (κ2) is 9.57. The topological polar surface area (TPSA) is 51.2 Å². The Morgan fingerprint density at radius 2 is 1.81 bits per heavy atom. The van der Waals surface area contributed by atoms with E-state index in [1.807, 2.05) is 24.3 Å². The van der Waals surface area contributed by atoms with Crippen LogP contribution in [-0.4, -0.2) is 30.4 Å². The van der Waals surface area contributed by atoms with Crippen LogP contribution in [0.1, 0.15) is 12.0 Å². The molecule has 0 unspecified atom stereocenters. The van der Waals surface area contributed by atoms with Gasteiger partial charge in [-0.15, -0.1) is 11.3 Å². The summed E-state index contributed by atoms with van der Waals surface area (Å²) in [5.74, 6) is -3.77. The summed E-state index contributed by atoms with van der Waals surface area (Å²) in [5.41, 5.74) is 1.66. The van der Waals surface area contributed by atoms with E-state index in [4.69, 9.17) is 4.74 Å². The third-order valence-corrected chi connectivity index (χ3v) is 6.59. The first-order valence-corrected chi connectivity index (χ1v) is 10.9. The van der Waals surface area contributed by atoms with Gasteiger partial charge in [0.1, 0.15) is 5.75 Å². The van der Waals surface area contributed by atoms with Crippen LogP contribution in [0.15, 0.2) is 46.8 Å². The summed E-state index contributed by atoms with van der Waals surface area (Å²) >= 11 is 2.75. The molecule has 0 atom stereocenters. The van der Waals surface area contributed by atoms with Crippen molar-refractivity contribution < 1.29 is 35.9 Å². The third-order valence-electron chi connectivity index (χ3n) is 4.38. The summed E-state index contributed by atoms with van der Waals surface area (Å²) in [6.45, 7) is 0. The number of halogens is 6. The number of ether oxygens (including phenoxy) is 1. The smallest absolute Gasteiger partial charge is 0.400 e. The SMILES string of the molecule is COc1ccccc1CSc1nc2ccc(NC(=O)CC(C(F)(F)F)C(F)(F)F)cc2s1. The van der Waals surface area contributed by atoms with Crippen molar-refractivity contribution in [3.05, 3.63) is 48.0 Å². The Balaban J connectivity index is 1.68. The van der Waals surface area contributed by atoms with Crippen molar-refractivity contribution in [1.82, 2.24) is 4.98 Å². The molecule has 0 spiro atoms. The van der Waals surface area contributed by atoms with Gasteiger partial charge in [0.05, 0.1) is 17.3 Å². The van der Waals surface area contributed by atoms with Crippen molar-refractivity contribution in [3.8, 4) is 5.75 Å². The first-order chi connectivity index (χ1) is 15.0. The second-order valence-electron chi connectivity index (χ2n) is 6.65. The van der Waals surface area contributed by atoms with Crippen LogP contribution >= 0.6 is 23.1 Å². The standard InChI is InChI=1S/C20H16F6N2O2S2/c1-30-14-5-3-2-4-11(14)10-31-18-28-13-7-6-12(8-15(13)32-18)27-17(29)9-16(19(21,22)23)20(24,25)26/h2-8,16H,9-10H2,1H3,(H,27,29). The van der Waals surface area contributed by atoms with Gasteiger partial charge < -0.3 is 10.1 Å². The Hall–Kier alpha value is -2.47. The Labute approximate surface area is 187 Å². The van der Waals surface area contributed by atoms with Crippen molar-refractivity contribution in [1.29, 1.82) is 0 Å². The highest BCUT2D eigenvalue weighted by molar-refractivity contribution is 8.00. The summed E-state index contributed by atoms with van der Waals surface area (Å²) in [5, 5.41) is 2.11. The summed E-state index contributed by atoms with van der Waals surface area (Å²) in [6, 6.07) is 11.9. The van der Waals surface area contributed by atoms with Crippen LogP contribution in [0.2, 0.25) is 0 Å². The molecule has 1 aromatic heterocycles. The molecule has 2 aromatic carbocycles. The lowest BCUT2D eigenvalue weighted by Gasteiger charge is -2.22. The number of aromatic nitrogens is 1. The van der Waals surface area contributed by atoms with E-state index >= 15 is 0 Å². The van der Waals surface area contributed by atoms with Gasteiger partial charge in [-0.05, 0) is 24.3 Å². The zero-order chi connectivity index (χ0) is 23.5. The molecule has 0 saturated heterocycles. The van der Waals surface area contributed by atoms with Crippen LogP contribution < -0.4 is 10.1 Å². The molecule has 3 rings (SSSR count). The highest BCUT2D eigenvalue weighted by Crippen LogP contribution is 2.41. The van der Waals surface area contributed by atoms with Gasteiger partial charge in [0, 0.05) is 23.4 Å². The number of fused-ring (bicyclic) bond motifs is 1. The van der Waals surface area contributed by atoms with Crippen molar-refractivity contribution in [2.75, 3.05) is 12.4 Å². The predicted molar refractivity (Wildman–Crippen MR) is 111 cm³/mol. The number of nitrogens with one attached hydrogen (secondary N) is 1. The average Bonchev–Trinajstić information content (AvgIpc) is 3.11. The molecule has 0 fully saturated rings. The number of thiazole rings is 1. The monoisotopic (exact) mass is 494 g/mol. The van der Waals surface area contributed by atoms with Crippen LogP contribution in [0.25, 0.3) is 10.2 Å². The summed E-state index contributed by atoms with van der Waals surface area (Å²) in [4.78, 5) is 16.3. The first kappa shape index (κ1) is 24.2. The van der Waals surface area contributed by atoms with Crippen LogP contribution in [0.5, 0.6) is 5.75 Å². The minimum absolute atomic E-state index is 0.0931. The van der Waals surface area contributed by atoms with E-state index in [1.165, 1.54) is 35.2 Å². The van der Waals surface area contributed by atoms with Gasteiger partial charge in [-0.3, -0.25) is 4.79 Å². The molecule has 0 bridgehead atoms. The van der Waals surface area contributed by atoms with E-state index in [1.54, 1.807) is 13.2 Å². The van der Waals surface area contributed by atoms with Gasteiger partial charge in [-0.1, -0.05) is 30.0 Å². The normalized spacial score (nSPS) is 12.4. The van der Waals surface area contributed by atoms with Gasteiger partial charge >= 0.3 is 12.4 Å². The summed E-state index contributed by atoms with van der Waals surface area (Å²) in [6.07, 6.45) is -12.9. The average molecular weight is 494 g/mol. The predicted octanol–water partition coefficient (Wildman–Crippen LogP) is 6.67. The third kappa shape index (κ3) is 6.06. The number of anilines is 1. The van der Waals surface area contributed by atoms with Crippen molar-refractivity contribution >= 4 is 44.9 Å². The van der Waals surface area contributed by atoms with Crippen LogP contribution in [0.3, 0.4) is 0 Å². The van der Waals surface area contributed by atoms with Crippen molar-refractivity contribution in [3.63, 3.8) is 0 Å². The number of alkyl halides is 6. The molecular formula is C20H16F6N2O2S2. The fourth-order valence-corrected chi connectivity index (χ4v) is 4.92. The zero-order valence-electron chi connectivity index (χ0n) is 16.4. The van der Waals surface area contributed by atoms with Gasteiger partial charge in [-0.25, -0.2) is 4.98 Å². The van der Waals surface area contributed by atoms with Crippen LogP contribution in [0.4, 0.5) is 32.0 Å². The number of amides is 1. The molecule has 0 radical (unpaired) electrons. The molecular weight excluding hydrogens is 478 g/mol. The number of hydrogen-bond donors (Lipinski definition) is 1. The van der Waals surface area contributed by atoms with E-state index in [2.05, 4.69) is 10.3 Å². The van der Waals surface area contributed by atoms with E-state index in [0.717, 1.165) is 11.3 Å². The number of para-hydroxylation sites is 1. The van der Waals surface area contributed by atoms with Crippen LogP contribution in [0, 0.1) is 5.92 Å². The van der Waals surface area contributed by atoms with Gasteiger partial charge in [0.25, 0.3) is 0 Å². The number of hydrogen-bond acceptors (Lipinski definition) is 5. The number of carbonyl (C=O) groups excluding carboxylic acids is 1. The van der Waals surface area contributed by atoms with E-state index < -0.39 is 30.6 Å². The maximum atomic E-state index is 12.7. The van der Waals surface area contributed by atoms with E-state index in [9.17, 15) is 31.1 Å². The molecule has 1 heterocycles. The molecule has 3 aromatic rings. The number of benzene rings is 2. The second-order valence-corrected chi connectivity index (χ2v) is 8.90. The van der Waals surface area contributed by atoms with Crippen molar-refractivity contribution in [2.45, 2.75) is 28.9 Å². The molecule has 32 heavy (non-hydrogen) atoms. The molecule has 1 amide bonds. The maximum Gasteiger partial charge on any atom is 0.400 e. The zero-order valence-corrected chi connectivity index (χ0v) is 18.0. The lowest BCUT2D eigenvalue weighted by atomic mass is 10.0. The number of rotatable bonds is 7. The minimum Gasteiger partial charge on any atom is -0.496 e. The molecule has 0 aliphatic carbocycles. The number of carbonyl (C=O) groups is 1. The number of methoxy groups -OCH3 is 1. The number of nitrogens with zero attached hydrogens (tertiary/aromatic N) is 1. The fourth-order valence-electron chi connectivity index (χ4n) is 2.82. The quantitative estimate of drug-likeness (QED) is 0.295. The molecule has 0 aliphatic rings. The highest BCUT2D eigenvalue weighted by atomic mass is 32.2. The van der Waals surface area contributed by atoms with Gasteiger partial charge in [0.15, 0.2) is 10.3 Å². The van der Waals surface area contributed by atoms with Gasteiger partial charge in [-0.2, -0.15) is 26.3 Å². The first-order valence-electron chi connectivity index (χ1n) is 9.06. The molecule has 0 saturated carbocycles. The Morgan fingerprint density at radius 3 is 2.47 bits per heavy atom. The molecule has 172 valence electrons. The molecule has 0 aliphatic heterocycles. The highest BCUT2D eigenvalue weighted by Gasteiger charge is 2.57. The van der Waals surface area contributed by atoms with Gasteiger partial charge in [0.2, 0.25) is 5.91 Å². The Morgan fingerprint density at radius 1 is 1.12 bits per heavy atom. The van der Waals surface area contributed by atoms with Crippen molar-refractivity contribution in [2.24, 2.45) is 5.92 Å². The lowest BCUT2D eigenvalue weighted by Crippen LogP contribution is -2.39. The Kier molecular flexibility index (Phi) is 7.23. The minimum atomic E-state index is -5.56. The maximum absolute atomic E-state index is 12.7. The number of thioether (sulfide) groups is 1.